The molecule has 53 heavy (non-hydrogen) atoms. The van der Waals surface area contributed by atoms with Crippen LogP contribution in [0.5, 0.6) is 0 Å². The molecule has 0 aliphatic heterocycles. The molecule has 0 aliphatic rings. The fourth-order valence-electron chi connectivity index (χ4n) is 7.76. The average Bonchev–Trinajstić information content (AvgIpc) is 3.16. The van der Waals surface area contributed by atoms with Crippen LogP contribution in [0.4, 0.5) is 0 Å². The van der Waals surface area contributed by atoms with Crippen molar-refractivity contribution in [2.75, 3.05) is 6.61 Å². The highest BCUT2D eigenvalue weighted by atomic mass is 16.3. The largest absolute Gasteiger partial charge is 0.394 e. The Bertz CT molecular complexity index is 721. The maximum absolute atomic E-state index is 12.5. The lowest BCUT2D eigenvalue weighted by Gasteiger charge is -2.27. The van der Waals surface area contributed by atoms with Crippen LogP contribution in [-0.4, -0.2) is 57.3 Å². The van der Waals surface area contributed by atoms with E-state index in [0.717, 1.165) is 38.5 Å². The minimum absolute atomic E-state index is 0.376. The Kier molecular flexibility index (Phi) is 41.9. The number of aliphatic hydroxyl groups excluding tert-OH is 4. The number of hydrogen-bond acceptors (Lipinski definition) is 5. The standard InChI is InChI=1S/C47H95NO5/c1-3-5-7-9-11-13-15-17-18-19-20-21-22-23-24-25-26-27-28-29-31-33-35-37-39-41-45(51)47(53)48-43(42-49)46(52)44(50)40-38-36-34-32-30-16-14-12-10-8-6-4-2/h43-46,49-52H,3-42H2,1-2H3,(H,48,53). The molecule has 0 saturated heterocycles. The Morgan fingerprint density at radius 1 is 0.396 bits per heavy atom. The van der Waals surface area contributed by atoms with Gasteiger partial charge in [-0.05, 0) is 12.8 Å². The van der Waals surface area contributed by atoms with Crippen LogP contribution in [0.2, 0.25) is 0 Å². The summed E-state index contributed by atoms with van der Waals surface area (Å²) in [6.45, 7) is 4.06. The van der Waals surface area contributed by atoms with Crippen LogP contribution in [-0.2, 0) is 4.79 Å². The third-order valence-corrected chi connectivity index (χ3v) is 11.6. The molecule has 0 rings (SSSR count). The second kappa shape index (κ2) is 42.5. The van der Waals surface area contributed by atoms with Gasteiger partial charge in [-0.1, -0.05) is 251 Å². The molecule has 6 nitrogen and oxygen atoms in total. The summed E-state index contributed by atoms with van der Waals surface area (Å²) in [5.41, 5.74) is 0. The van der Waals surface area contributed by atoms with Gasteiger partial charge < -0.3 is 25.7 Å². The summed E-state index contributed by atoms with van der Waals surface area (Å²) >= 11 is 0. The Labute approximate surface area is 330 Å². The lowest BCUT2D eigenvalue weighted by Crippen LogP contribution is -2.53. The van der Waals surface area contributed by atoms with E-state index in [2.05, 4.69) is 19.2 Å². The number of unbranched alkanes of at least 4 members (excludes halogenated alkanes) is 35. The summed E-state index contributed by atoms with van der Waals surface area (Å²) in [7, 11) is 0. The van der Waals surface area contributed by atoms with Crippen LogP contribution >= 0.6 is 0 Å². The Hall–Kier alpha value is -0.690. The van der Waals surface area contributed by atoms with Gasteiger partial charge >= 0.3 is 0 Å². The first kappa shape index (κ1) is 52.3. The third kappa shape index (κ3) is 36.7. The van der Waals surface area contributed by atoms with Gasteiger partial charge in [-0.3, -0.25) is 4.79 Å². The summed E-state index contributed by atoms with van der Waals surface area (Å²) in [5.74, 6) is -0.579. The number of carbonyl (C=O) groups is 1. The van der Waals surface area contributed by atoms with Crippen LogP contribution in [0, 0.1) is 0 Å². The van der Waals surface area contributed by atoms with Crippen LogP contribution in [0.25, 0.3) is 0 Å². The van der Waals surface area contributed by atoms with E-state index in [0.29, 0.717) is 12.8 Å². The molecule has 0 bridgehead atoms. The molecule has 0 heterocycles. The normalized spacial score (nSPS) is 14.0. The Morgan fingerprint density at radius 2 is 0.642 bits per heavy atom. The second-order valence-electron chi connectivity index (χ2n) is 16.8. The predicted molar refractivity (Wildman–Crippen MR) is 228 cm³/mol. The van der Waals surface area contributed by atoms with Crippen LogP contribution in [0.1, 0.15) is 264 Å². The van der Waals surface area contributed by atoms with Crippen molar-refractivity contribution in [3.05, 3.63) is 0 Å². The zero-order chi connectivity index (χ0) is 38.9. The van der Waals surface area contributed by atoms with Crippen molar-refractivity contribution in [2.45, 2.75) is 289 Å². The molecule has 6 heteroatoms. The van der Waals surface area contributed by atoms with E-state index >= 15 is 0 Å². The van der Waals surface area contributed by atoms with Crippen molar-refractivity contribution >= 4 is 5.91 Å². The molecule has 0 radical (unpaired) electrons. The monoisotopic (exact) mass is 754 g/mol. The highest BCUT2D eigenvalue weighted by Crippen LogP contribution is 2.18. The van der Waals surface area contributed by atoms with E-state index in [4.69, 9.17) is 0 Å². The molecule has 0 saturated carbocycles. The summed E-state index contributed by atoms with van der Waals surface area (Å²) in [4.78, 5) is 12.5. The molecular formula is C47H95NO5. The smallest absolute Gasteiger partial charge is 0.249 e. The maximum Gasteiger partial charge on any atom is 0.249 e. The highest BCUT2D eigenvalue weighted by molar-refractivity contribution is 5.80. The van der Waals surface area contributed by atoms with Crippen molar-refractivity contribution in [2.24, 2.45) is 0 Å². The van der Waals surface area contributed by atoms with Gasteiger partial charge in [0.2, 0.25) is 5.91 Å². The second-order valence-corrected chi connectivity index (χ2v) is 16.8. The van der Waals surface area contributed by atoms with Crippen molar-refractivity contribution in [1.29, 1.82) is 0 Å². The van der Waals surface area contributed by atoms with E-state index in [1.54, 1.807) is 0 Å². The first-order valence-corrected chi connectivity index (χ1v) is 23.9. The minimum Gasteiger partial charge on any atom is -0.394 e. The molecule has 0 aromatic heterocycles. The third-order valence-electron chi connectivity index (χ3n) is 11.6. The van der Waals surface area contributed by atoms with E-state index in [9.17, 15) is 25.2 Å². The molecule has 4 unspecified atom stereocenters. The molecule has 0 aromatic rings. The average molecular weight is 754 g/mol. The molecule has 4 atom stereocenters. The van der Waals surface area contributed by atoms with Crippen molar-refractivity contribution < 1.29 is 25.2 Å². The van der Waals surface area contributed by atoms with Crippen molar-refractivity contribution in [3.63, 3.8) is 0 Å². The Balaban J connectivity index is 3.60. The van der Waals surface area contributed by atoms with Crippen molar-refractivity contribution in [3.8, 4) is 0 Å². The number of amides is 1. The fourth-order valence-corrected chi connectivity index (χ4v) is 7.76. The summed E-state index contributed by atoms with van der Waals surface area (Å²) < 4.78 is 0. The number of aliphatic hydroxyl groups is 4. The molecule has 5 N–H and O–H groups in total. The summed E-state index contributed by atoms with van der Waals surface area (Å²) in [6, 6.07) is -0.978. The topological polar surface area (TPSA) is 110 Å². The number of nitrogens with one attached hydrogen (secondary N) is 1. The molecule has 0 aromatic carbocycles. The molecule has 0 spiro atoms. The van der Waals surface area contributed by atoms with Gasteiger partial charge in [0.15, 0.2) is 0 Å². The Morgan fingerprint density at radius 3 is 0.906 bits per heavy atom. The van der Waals surface area contributed by atoms with Gasteiger partial charge in [-0.2, -0.15) is 0 Å². The van der Waals surface area contributed by atoms with Gasteiger partial charge in [0.25, 0.3) is 0 Å². The van der Waals surface area contributed by atoms with Gasteiger partial charge in [-0.25, -0.2) is 0 Å². The summed E-state index contributed by atoms with van der Waals surface area (Å²) in [6.07, 6.45) is 45.8. The number of hydrogen-bond donors (Lipinski definition) is 5. The molecule has 318 valence electrons. The van der Waals surface area contributed by atoms with E-state index < -0.39 is 36.9 Å². The SMILES string of the molecule is CCCCCCCCCCCCCCCCCCCCCCCCCCCC(O)C(=O)NC(CO)C(O)C(O)CCCCCCCCCCCCCC. The van der Waals surface area contributed by atoms with Gasteiger partial charge in [0.05, 0.1) is 18.8 Å². The van der Waals surface area contributed by atoms with Gasteiger partial charge in [-0.15, -0.1) is 0 Å². The minimum atomic E-state index is -1.25. The highest BCUT2D eigenvalue weighted by Gasteiger charge is 2.28. The van der Waals surface area contributed by atoms with Crippen LogP contribution in [0.3, 0.4) is 0 Å². The van der Waals surface area contributed by atoms with Gasteiger partial charge in [0.1, 0.15) is 12.2 Å². The van der Waals surface area contributed by atoms with E-state index in [1.165, 1.54) is 199 Å². The van der Waals surface area contributed by atoms with Gasteiger partial charge in [0, 0.05) is 0 Å². The molecule has 0 fully saturated rings. The van der Waals surface area contributed by atoms with Crippen molar-refractivity contribution in [1.82, 2.24) is 5.32 Å². The predicted octanol–water partition coefficient (Wildman–Crippen LogP) is 12.8. The number of carbonyl (C=O) groups excluding carboxylic acids is 1. The lowest BCUT2D eigenvalue weighted by atomic mass is 9.99. The molecule has 0 aliphatic carbocycles. The first-order valence-electron chi connectivity index (χ1n) is 23.9. The zero-order valence-electron chi connectivity index (χ0n) is 35.8. The molecule has 1 amide bonds. The summed E-state index contributed by atoms with van der Waals surface area (Å²) in [5, 5.41) is 43.7. The van der Waals surface area contributed by atoms with E-state index in [-0.39, 0.29) is 0 Å². The number of rotatable bonds is 44. The fraction of sp³-hybridized carbons (Fsp3) is 0.979. The quantitative estimate of drug-likeness (QED) is 0.0398. The van der Waals surface area contributed by atoms with Crippen LogP contribution in [0.15, 0.2) is 0 Å². The maximum atomic E-state index is 12.5. The van der Waals surface area contributed by atoms with E-state index in [1.807, 2.05) is 0 Å². The lowest BCUT2D eigenvalue weighted by molar-refractivity contribution is -0.132. The zero-order valence-corrected chi connectivity index (χ0v) is 35.8. The molecular weight excluding hydrogens is 659 g/mol. The van der Waals surface area contributed by atoms with Crippen LogP contribution < -0.4 is 5.32 Å². The first-order chi connectivity index (χ1) is 26.0.